The summed E-state index contributed by atoms with van der Waals surface area (Å²) in [5, 5.41) is 7.07. The molecule has 1 amide bonds. The zero-order chi connectivity index (χ0) is 21.2. The maximum Gasteiger partial charge on any atom is 0.419 e. The first-order chi connectivity index (χ1) is 13.7. The van der Waals surface area contributed by atoms with Gasteiger partial charge in [-0.15, -0.1) is 0 Å². The summed E-state index contributed by atoms with van der Waals surface area (Å²) >= 11 is 0. The van der Waals surface area contributed by atoms with Crippen LogP contribution >= 0.6 is 0 Å². The molecule has 1 heterocycles. The van der Waals surface area contributed by atoms with Crippen molar-refractivity contribution in [3.05, 3.63) is 88.0 Å². The highest BCUT2D eigenvalue weighted by molar-refractivity contribution is 5.94. The predicted octanol–water partition coefficient (Wildman–Crippen LogP) is 4.64. The van der Waals surface area contributed by atoms with E-state index in [1.165, 1.54) is 0 Å². The van der Waals surface area contributed by atoms with Crippen molar-refractivity contribution in [2.45, 2.75) is 33.1 Å². The minimum Gasteiger partial charge on any atom is -0.348 e. The summed E-state index contributed by atoms with van der Waals surface area (Å²) in [6.45, 7) is 4.33. The number of hydrogen-bond acceptors (Lipinski definition) is 2. The van der Waals surface area contributed by atoms with E-state index in [0.717, 1.165) is 22.9 Å². The number of amides is 1. The van der Waals surface area contributed by atoms with Gasteiger partial charge in [-0.3, -0.25) is 9.48 Å². The second-order valence-electron chi connectivity index (χ2n) is 6.67. The third-order valence-electron chi connectivity index (χ3n) is 4.67. The molecule has 8 heteroatoms. The predicted molar refractivity (Wildman–Crippen MR) is 99.8 cm³/mol. The van der Waals surface area contributed by atoms with Crippen LogP contribution in [0.3, 0.4) is 0 Å². The Kier molecular flexibility index (Phi) is 5.72. The molecule has 152 valence electrons. The van der Waals surface area contributed by atoms with Gasteiger partial charge in [0.1, 0.15) is 5.82 Å². The van der Waals surface area contributed by atoms with Gasteiger partial charge >= 0.3 is 6.18 Å². The lowest BCUT2D eigenvalue weighted by Gasteiger charge is -2.11. The molecule has 0 aliphatic heterocycles. The van der Waals surface area contributed by atoms with Gasteiger partial charge in [0, 0.05) is 23.4 Å². The van der Waals surface area contributed by atoms with E-state index < -0.39 is 23.5 Å². The molecule has 3 aromatic rings. The number of aryl methyl sites for hydroxylation is 1. The van der Waals surface area contributed by atoms with Crippen molar-refractivity contribution in [1.29, 1.82) is 0 Å². The van der Waals surface area contributed by atoms with Crippen LogP contribution < -0.4 is 5.32 Å². The van der Waals surface area contributed by atoms with E-state index in [9.17, 15) is 22.4 Å². The van der Waals surface area contributed by atoms with E-state index in [4.69, 9.17) is 0 Å². The fourth-order valence-electron chi connectivity index (χ4n) is 3.05. The Labute approximate surface area is 165 Å². The van der Waals surface area contributed by atoms with Crippen molar-refractivity contribution >= 4 is 5.91 Å². The van der Waals surface area contributed by atoms with Crippen LogP contribution in [0.5, 0.6) is 0 Å². The van der Waals surface area contributed by atoms with E-state index in [1.54, 1.807) is 6.92 Å². The number of hydrogen-bond donors (Lipinski definition) is 1. The smallest absolute Gasteiger partial charge is 0.348 e. The molecule has 1 N–H and O–H groups in total. The molecule has 2 aromatic carbocycles. The molecular weight excluding hydrogens is 386 g/mol. The number of carbonyl (C=O) groups excluding carboxylic acids is 1. The molecule has 0 aliphatic carbocycles. The first-order valence-corrected chi connectivity index (χ1v) is 8.88. The third-order valence-corrected chi connectivity index (χ3v) is 4.67. The molecule has 1 aromatic heterocycles. The van der Waals surface area contributed by atoms with Gasteiger partial charge < -0.3 is 5.32 Å². The molecule has 0 aliphatic rings. The standard InChI is InChI=1S/C21H19F4N3O/c1-13-17(14(2)28(27-13)12-15-6-4-3-5-7-15)11-26-20(29)16-8-9-19(22)18(10-16)21(23,24)25/h3-10H,11-12H2,1-2H3,(H,26,29). The van der Waals surface area contributed by atoms with Crippen LogP contribution in [0.25, 0.3) is 0 Å². The lowest BCUT2D eigenvalue weighted by Crippen LogP contribution is -2.24. The number of nitrogens with one attached hydrogen (secondary N) is 1. The Morgan fingerprint density at radius 2 is 1.79 bits per heavy atom. The lowest BCUT2D eigenvalue weighted by atomic mass is 10.1. The molecule has 0 saturated carbocycles. The number of aromatic nitrogens is 2. The fraction of sp³-hybridized carbons (Fsp3) is 0.238. The highest BCUT2D eigenvalue weighted by atomic mass is 19.4. The van der Waals surface area contributed by atoms with Crippen molar-refractivity contribution in [3.63, 3.8) is 0 Å². The molecule has 0 spiro atoms. The van der Waals surface area contributed by atoms with E-state index in [2.05, 4.69) is 10.4 Å². The maximum absolute atomic E-state index is 13.4. The number of alkyl halides is 3. The van der Waals surface area contributed by atoms with Crippen LogP contribution in [0.1, 0.15) is 38.4 Å². The van der Waals surface area contributed by atoms with Crippen molar-refractivity contribution < 1.29 is 22.4 Å². The van der Waals surface area contributed by atoms with Gasteiger partial charge in [0.15, 0.2) is 0 Å². The summed E-state index contributed by atoms with van der Waals surface area (Å²) in [5.41, 5.74) is 1.70. The molecule has 3 rings (SSSR count). The van der Waals surface area contributed by atoms with Crippen LogP contribution in [-0.2, 0) is 19.3 Å². The number of benzene rings is 2. The van der Waals surface area contributed by atoms with Crippen LogP contribution in [0.4, 0.5) is 17.6 Å². The van der Waals surface area contributed by atoms with Gasteiger partial charge in [-0.2, -0.15) is 18.3 Å². The first kappa shape index (κ1) is 20.6. The largest absolute Gasteiger partial charge is 0.419 e. The molecule has 29 heavy (non-hydrogen) atoms. The Morgan fingerprint density at radius 3 is 2.45 bits per heavy atom. The molecular formula is C21H19F4N3O. The minimum absolute atomic E-state index is 0.101. The first-order valence-electron chi connectivity index (χ1n) is 8.88. The van der Waals surface area contributed by atoms with Crippen LogP contribution in [-0.4, -0.2) is 15.7 Å². The zero-order valence-corrected chi connectivity index (χ0v) is 15.8. The molecule has 0 unspecified atom stereocenters. The summed E-state index contributed by atoms with van der Waals surface area (Å²) in [6.07, 6.45) is -4.87. The van der Waals surface area contributed by atoms with Crippen molar-refractivity contribution in [2.24, 2.45) is 0 Å². The van der Waals surface area contributed by atoms with Crippen LogP contribution in [0.15, 0.2) is 48.5 Å². The summed E-state index contributed by atoms with van der Waals surface area (Å²) in [5.74, 6) is -2.13. The van der Waals surface area contributed by atoms with Crippen molar-refractivity contribution in [1.82, 2.24) is 15.1 Å². The molecule has 4 nitrogen and oxygen atoms in total. The summed E-state index contributed by atoms with van der Waals surface area (Å²) in [6, 6.07) is 11.9. The highest BCUT2D eigenvalue weighted by Crippen LogP contribution is 2.31. The molecule has 0 atom stereocenters. The van der Waals surface area contributed by atoms with Gasteiger partial charge in [-0.25, -0.2) is 4.39 Å². The van der Waals surface area contributed by atoms with E-state index in [0.29, 0.717) is 24.4 Å². The molecule has 0 fully saturated rings. The topological polar surface area (TPSA) is 46.9 Å². The SMILES string of the molecule is Cc1nn(Cc2ccccc2)c(C)c1CNC(=O)c1ccc(F)c(C(F)(F)F)c1. The average molecular weight is 405 g/mol. The molecule has 0 radical (unpaired) electrons. The van der Waals surface area contributed by atoms with Crippen molar-refractivity contribution in [3.8, 4) is 0 Å². The number of nitrogens with zero attached hydrogens (tertiary/aromatic N) is 2. The second-order valence-corrected chi connectivity index (χ2v) is 6.67. The maximum atomic E-state index is 13.4. The average Bonchev–Trinajstić information content (AvgIpc) is 2.93. The Hall–Kier alpha value is -3.16. The summed E-state index contributed by atoms with van der Waals surface area (Å²) in [7, 11) is 0. The van der Waals surface area contributed by atoms with E-state index in [-0.39, 0.29) is 12.1 Å². The monoisotopic (exact) mass is 405 g/mol. The fourth-order valence-corrected chi connectivity index (χ4v) is 3.05. The van der Waals surface area contributed by atoms with Crippen molar-refractivity contribution in [2.75, 3.05) is 0 Å². The third kappa shape index (κ3) is 4.64. The Morgan fingerprint density at radius 1 is 1.10 bits per heavy atom. The van der Waals surface area contributed by atoms with Gasteiger partial charge in [0.25, 0.3) is 5.91 Å². The zero-order valence-electron chi connectivity index (χ0n) is 15.8. The van der Waals surface area contributed by atoms with Crippen LogP contribution in [0, 0.1) is 19.7 Å². The Bertz CT molecular complexity index is 1030. The molecule has 0 bridgehead atoms. The van der Waals surface area contributed by atoms with E-state index in [1.807, 2.05) is 41.9 Å². The summed E-state index contributed by atoms with van der Waals surface area (Å²) < 4.78 is 53.8. The number of carbonyl (C=O) groups is 1. The van der Waals surface area contributed by atoms with Crippen LogP contribution in [0.2, 0.25) is 0 Å². The second kappa shape index (κ2) is 8.06. The minimum atomic E-state index is -4.87. The van der Waals surface area contributed by atoms with Gasteiger partial charge in [-0.1, -0.05) is 30.3 Å². The van der Waals surface area contributed by atoms with Gasteiger partial charge in [-0.05, 0) is 37.6 Å². The number of halogens is 4. The summed E-state index contributed by atoms with van der Waals surface area (Å²) in [4.78, 5) is 12.3. The lowest BCUT2D eigenvalue weighted by molar-refractivity contribution is -0.140. The van der Waals surface area contributed by atoms with Gasteiger partial charge in [0.05, 0.1) is 17.8 Å². The Balaban J connectivity index is 1.74. The quantitative estimate of drug-likeness (QED) is 0.629. The highest BCUT2D eigenvalue weighted by Gasteiger charge is 2.34. The van der Waals surface area contributed by atoms with Gasteiger partial charge in [0.2, 0.25) is 0 Å². The molecule has 0 saturated heterocycles. The normalized spacial score (nSPS) is 11.5. The van der Waals surface area contributed by atoms with E-state index >= 15 is 0 Å². The number of rotatable bonds is 5.